The van der Waals surface area contributed by atoms with Crippen molar-refractivity contribution in [2.75, 3.05) is 0 Å². The Bertz CT molecular complexity index is 284. The number of aliphatic carboxylic acids is 1. The topological polar surface area (TPSA) is 63.3 Å². The Morgan fingerprint density at radius 3 is 2.38 bits per heavy atom. The van der Waals surface area contributed by atoms with Crippen molar-refractivity contribution in [3.63, 3.8) is 0 Å². The van der Waals surface area contributed by atoms with E-state index in [9.17, 15) is 4.79 Å². The first-order valence-corrected chi connectivity index (χ1v) is 4.16. The fraction of sp³-hybridized carbons (Fsp3) is 0.300. The molecule has 0 amide bonds. The Hall–Kier alpha value is -1.35. The first-order chi connectivity index (χ1) is 6.13. The van der Waals surface area contributed by atoms with Gasteiger partial charge in [0.25, 0.3) is 0 Å². The second-order valence-corrected chi connectivity index (χ2v) is 3.06. The summed E-state index contributed by atoms with van der Waals surface area (Å²) < 4.78 is 0. The van der Waals surface area contributed by atoms with E-state index < -0.39 is 17.9 Å². The fourth-order valence-electron chi connectivity index (χ4n) is 1.12. The van der Waals surface area contributed by atoms with Gasteiger partial charge in [0.1, 0.15) is 0 Å². The van der Waals surface area contributed by atoms with Crippen molar-refractivity contribution in [1.29, 1.82) is 0 Å². The Kier molecular flexibility index (Phi) is 3.03. The first kappa shape index (κ1) is 9.74. The van der Waals surface area contributed by atoms with Crippen molar-refractivity contribution in [2.45, 2.75) is 13.0 Å². The SMILES string of the molecule is C[C@@H](C(=O)O)[C@H](N)c1ccccc1. The Morgan fingerprint density at radius 1 is 1.38 bits per heavy atom. The standard InChI is InChI=1S/C10H13NO2/c1-7(10(12)13)9(11)8-5-3-2-4-6-8/h2-7,9H,11H2,1H3,(H,12,13)/t7-,9+/m1/s1. The van der Waals surface area contributed by atoms with Gasteiger partial charge in [-0.1, -0.05) is 37.3 Å². The van der Waals surface area contributed by atoms with Crippen LogP contribution >= 0.6 is 0 Å². The number of carboxylic acids is 1. The molecule has 1 rings (SSSR count). The van der Waals surface area contributed by atoms with Gasteiger partial charge >= 0.3 is 5.97 Å². The third-order valence-electron chi connectivity index (χ3n) is 2.11. The number of benzene rings is 1. The molecule has 1 aromatic carbocycles. The predicted octanol–water partition coefficient (Wildman–Crippen LogP) is 1.41. The summed E-state index contributed by atoms with van der Waals surface area (Å²) in [6.07, 6.45) is 0. The summed E-state index contributed by atoms with van der Waals surface area (Å²) in [5, 5.41) is 8.73. The van der Waals surface area contributed by atoms with Crippen LogP contribution in [0.4, 0.5) is 0 Å². The molecule has 0 aliphatic heterocycles. The molecule has 70 valence electrons. The zero-order valence-corrected chi connectivity index (χ0v) is 7.47. The largest absolute Gasteiger partial charge is 0.481 e. The maximum atomic E-state index is 10.6. The van der Waals surface area contributed by atoms with E-state index in [1.807, 2.05) is 30.3 Å². The van der Waals surface area contributed by atoms with Gasteiger partial charge in [-0.15, -0.1) is 0 Å². The molecule has 13 heavy (non-hydrogen) atoms. The smallest absolute Gasteiger partial charge is 0.308 e. The summed E-state index contributed by atoms with van der Waals surface area (Å²) in [4.78, 5) is 10.6. The van der Waals surface area contributed by atoms with Gasteiger partial charge in [0, 0.05) is 6.04 Å². The molecular formula is C10H13NO2. The fourth-order valence-corrected chi connectivity index (χ4v) is 1.12. The van der Waals surface area contributed by atoms with Crippen molar-refractivity contribution in [3.8, 4) is 0 Å². The molecule has 3 N–H and O–H groups in total. The Balaban J connectivity index is 2.79. The molecule has 3 heteroatoms. The summed E-state index contributed by atoms with van der Waals surface area (Å²) in [5.74, 6) is -1.42. The second-order valence-electron chi connectivity index (χ2n) is 3.06. The van der Waals surface area contributed by atoms with Gasteiger partial charge in [0.05, 0.1) is 5.92 Å². The van der Waals surface area contributed by atoms with Gasteiger partial charge in [-0.2, -0.15) is 0 Å². The molecule has 0 fully saturated rings. The molecule has 0 radical (unpaired) electrons. The maximum Gasteiger partial charge on any atom is 0.308 e. The first-order valence-electron chi connectivity index (χ1n) is 4.16. The van der Waals surface area contributed by atoms with Crippen LogP contribution in [0.1, 0.15) is 18.5 Å². The van der Waals surface area contributed by atoms with E-state index in [0.717, 1.165) is 5.56 Å². The number of carbonyl (C=O) groups is 1. The molecule has 3 nitrogen and oxygen atoms in total. The lowest BCUT2D eigenvalue weighted by atomic mass is 9.96. The molecule has 0 aliphatic carbocycles. The zero-order chi connectivity index (χ0) is 9.84. The highest BCUT2D eigenvalue weighted by atomic mass is 16.4. The van der Waals surface area contributed by atoms with Crippen LogP contribution in [0, 0.1) is 5.92 Å². The van der Waals surface area contributed by atoms with Crippen LogP contribution in [0.15, 0.2) is 30.3 Å². The van der Waals surface area contributed by atoms with Gasteiger partial charge in [-0.3, -0.25) is 4.79 Å². The summed E-state index contributed by atoms with van der Waals surface area (Å²) in [7, 11) is 0. The molecule has 0 saturated carbocycles. The van der Waals surface area contributed by atoms with Crippen LogP contribution in [-0.2, 0) is 4.79 Å². The average Bonchev–Trinajstić information content (AvgIpc) is 2.17. The van der Waals surface area contributed by atoms with Gasteiger partial charge in [-0.25, -0.2) is 0 Å². The molecule has 0 aromatic heterocycles. The van der Waals surface area contributed by atoms with Crippen LogP contribution in [-0.4, -0.2) is 11.1 Å². The van der Waals surface area contributed by atoms with Gasteiger partial charge in [0.15, 0.2) is 0 Å². The van der Waals surface area contributed by atoms with E-state index in [-0.39, 0.29) is 0 Å². The number of rotatable bonds is 3. The molecule has 1 aromatic rings. The van der Waals surface area contributed by atoms with Crippen molar-refractivity contribution < 1.29 is 9.90 Å². The normalized spacial score (nSPS) is 14.9. The molecule has 0 saturated heterocycles. The van der Waals surface area contributed by atoms with Crippen LogP contribution < -0.4 is 5.73 Å². The van der Waals surface area contributed by atoms with Gasteiger partial charge in [-0.05, 0) is 5.56 Å². The quantitative estimate of drug-likeness (QED) is 0.737. The highest BCUT2D eigenvalue weighted by Crippen LogP contribution is 2.18. The predicted molar refractivity (Wildman–Crippen MR) is 50.2 cm³/mol. The van der Waals surface area contributed by atoms with E-state index in [0.29, 0.717) is 0 Å². The third-order valence-corrected chi connectivity index (χ3v) is 2.11. The molecule has 0 unspecified atom stereocenters. The number of hydrogen-bond acceptors (Lipinski definition) is 2. The monoisotopic (exact) mass is 179 g/mol. The molecule has 0 heterocycles. The van der Waals surface area contributed by atoms with Crippen molar-refractivity contribution >= 4 is 5.97 Å². The lowest BCUT2D eigenvalue weighted by Gasteiger charge is -2.15. The van der Waals surface area contributed by atoms with E-state index >= 15 is 0 Å². The maximum absolute atomic E-state index is 10.6. The number of hydrogen-bond donors (Lipinski definition) is 2. The van der Waals surface area contributed by atoms with Crippen LogP contribution in [0.3, 0.4) is 0 Å². The molecule has 0 spiro atoms. The average molecular weight is 179 g/mol. The van der Waals surface area contributed by atoms with Crippen molar-refractivity contribution in [3.05, 3.63) is 35.9 Å². The van der Waals surface area contributed by atoms with Crippen LogP contribution in [0.2, 0.25) is 0 Å². The highest BCUT2D eigenvalue weighted by molar-refractivity contribution is 5.70. The summed E-state index contributed by atoms with van der Waals surface area (Å²) >= 11 is 0. The summed E-state index contributed by atoms with van der Waals surface area (Å²) in [5.41, 5.74) is 6.62. The molecule has 0 bridgehead atoms. The van der Waals surface area contributed by atoms with Crippen molar-refractivity contribution in [2.24, 2.45) is 11.7 Å². The van der Waals surface area contributed by atoms with E-state index in [2.05, 4.69) is 0 Å². The minimum Gasteiger partial charge on any atom is -0.481 e. The van der Waals surface area contributed by atoms with E-state index in [1.165, 1.54) is 0 Å². The van der Waals surface area contributed by atoms with E-state index in [4.69, 9.17) is 10.8 Å². The second kappa shape index (κ2) is 4.05. The molecule has 2 atom stereocenters. The van der Waals surface area contributed by atoms with E-state index in [1.54, 1.807) is 6.92 Å². The number of carboxylic acid groups (broad SMARTS) is 1. The minimum atomic E-state index is -0.864. The van der Waals surface area contributed by atoms with Gasteiger partial charge < -0.3 is 10.8 Å². The summed E-state index contributed by atoms with van der Waals surface area (Å²) in [6.45, 7) is 1.61. The van der Waals surface area contributed by atoms with Crippen LogP contribution in [0.25, 0.3) is 0 Å². The van der Waals surface area contributed by atoms with Gasteiger partial charge in [0.2, 0.25) is 0 Å². The zero-order valence-electron chi connectivity index (χ0n) is 7.47. The minimum absolute atomic E-state index is 0.432. The van der Waals surface area contributed by atoms with Crippen LogP contribution in [0.5, 0.6) is 0 Å². The lowest BCUT2D eigenvalue weighted by Crippen LogP contribution is -2.25. The third kappa shape index (κ3) is 2.29. The molecule has 0 aliphatic rings. The Labute approximate surface area is 77.2 Å². The summed E-state index contributed by atoms with van der Waals surface area (Å²) in [6, 6.07) is 8.82. The molecular weight excluding hydrogens is 166 g/mol. The highest BCUT2D eigenvalue weighted by Gasteiger charge is 2.20. The number of nitrogens with two attached hydrogens (primary N) is 1. The van der Waals surface area contributed by atoms with Crippen molar-refractivity contribution in [1.82, 2.24) is 0 Å². The Morgan fingerprint density at radius 2 is 1.92 bits per heavy atom. The lowest BCUT2D eigenvalue weighted by molar-refractivity contribution is -0.141.